The summed E-state index contributed by atoms with van der Waals surface area (Å²) in [5.74, 6) is 0. The summed E-state index contributed by atoms with van der Waals surface area (Å²) in [5.41, 5.74) is 17.4. The van der Waals surface area contributed by atoms with Crippen LogP contribution in [0.1, 0.15) is 0 Å². The molecule has 0 radical (unpaired) electrons. The number of hydrogen-bond donors (Lipinski definition) is 0. The minimum atomic E-state index is 1.10. The molecular weight excluding hydrogens is 663 g/mol. The molecule has 1 heteroatoms. The monoisotopic (exact) mass is 701 g/mol. The lowest BCUT2D eigenvalue weighted by atomic mass is 9.87. The van der Waals surface area contributed by atoms with E-state index in [2.05, 4.69) is 241 Å². The Bertz CT molecular complexity index is 2670. The Hall–Kier alpha value is -7.22. The molecule has 260 valence electrons. The molecule has 9 aromatic rings. The Morgan fingerprint density at radius 3 is 1.02 bits per heavy atom. The molecular formula is C54H39N. The van der Waals surface area contributed by atoms with Crippen LogP contribution in [-0.2, 0) is 0 Å². The number of hydrogen-bond acceptors (Lipinski definition) is 1. The number of para-hydroxylation sites is 2. The van der Waals surface area contributed by atoms with Gasteiger partial charge in [-0.2, -0.15) is 0 Å². The lowest BCUT2D eigenvalue weighted by molar-refractivity contribution is 1.28. The quantitative estimate of drug-likeness (QED) is 0.145. The first kappa shape index (κ1) is 33.6. The van der Waals surface area contributed by atoms with E-state index in [0.29, 0.717) is 0 Å². The molecule has 9 rings (SSSR count). The highest BCUT2D eigenvalue weighted by molar-refractivity contribution is 6.04. The summed E-state index contributed by atoms with van der Waals surface area (Å²) >= 11 is 0. The van der Waals surface area contributed by atoms with Crippen LogP contribution in [0.2, 0.25) is 0 Å². The van der Waals surface area contributed by atoms with E-state index >= 15 is 0 Å². The fourth-order valence-electron chi connectivity index (χ4n) is 7.74. The third-order valence-electron chi connectivity index (χ3n) is 10.3. The largest absolute Gasteiger partial charge is 0.309 e. The highest BCUT2D eigenvalue weighted by Gasteiger charge is 2.26. The summed E-state index contributed by atoms with van der Waals surface area (Å²) in [7, 11) is 0. The number of nitrogens with zero attached hydrogens (tertiary/aromatic N) is 1. The predicted octanol–water partition coefficient (Wildman–Crippen LogP) is 15.2. The zero-order valence-electron chi connectivity index (χ0n) is 30.5. The molecule has 0 aliphatic carbocycles. The van der Waals surface area contributed by atoms with Gasteiger partial charge in [-0.3, -0.25) is 0 Å². The molecule has 1 nitrogen and oxygen atoms in total. The Kier molecular flexibility index (Phi) is 9.41. The summed E-state index contributed by atoms with van der Waals surface area (Å²) in [6.07, 6.45) is 0. The Morgan fingerprint density at radius 1 is 0.182 bits per heavy atom. The SMILES string of the molecule is c1ccc(-c2ccc(-c3ccccc3N(c3ccccc3-c3ccccc3)c3cccc(-c4ccccc4)c3-c3ccccc3-c3ccccc3)cc2)cc1. The lowest BCUT2D eigenvalue weighted by Crippen LogP contribution is -2.14. The summed E-state index contributed by atoms with van der Waals surface area (Å²) < 4.78 is 0. The Balaban J connectivity index is 1.35. The van der Waals surface area contributed by atoms with Crippen LogP contribution in [0.25, 0.3) is 66.8 Å². The van der Waals surface area contributed by atoms with Gasteiger partial charge in [0.25, 0.3) is 0 Å². The van der Waals surface area contributed by atoms with Crippen LogP contribution >= 0.6 is 0 Å². The maximum Gasteiger partial charge on any atom is 0.0547 e. The second-order valence-electron chi connectivity index (χ2n) is 13.7. The third kappa shape index (κ3) is 6.76. The van der Waals surface area contributed by atoms with Crippen molar-refractivity contribution in [1.82, 2.24) is 0 Å². The molecule has 0 spiro atoms. The van der Waals surface area contributed by atoms with Crippen LogP contribution in [-0.4, -0.2) is 0 Å². The van der Waals surface area contributed by atoms with E-state index in [0.717, 1.165) is 33.8 Å². The second-order valence-corrected chi connectivity index (χ2v) is 13.7. The molecule has 55 heavy (non-hydrogen) atoms. The zero-order valence-corrected chi connectivity index (χ0v) is 30.5. The first-order chi connectivity index (χ1) is 27.3. The van der Waals surface area contributed by atoms with Crippen molar-refractivity contribution in [3.05, 3.63) is 237 Å². The van der Waals surface area contributed by atoms with E-state index in [1.54, 1.807) is 0 Å². The van der Waals surface area contributed by atoms with Crippen LogP contribution < -0.4 is 4.90 Å². The smallest absolute Gasteiger partial charge is 0.0547 e. The van der Waals surface area contributed by atoms with Gasteiger partial charge >= 0.3 is 0 Å². The van der Waals surface area contributed by atoms with Gasteiger partial charge in [0, 0.05) is 16.7 Å². The molecule has 0 aliphatic heterocycles. The molecule has 0 atom stereocenters. The maximum atomic E-state index is 2.49. The molecule has 0 bridgehead atoms. The lowest BCUT2D eigenvalue weighted by Gasteiger charge is -2.33. The number of anilines is 3. The van der Waals surface area contributed by atoms with Crippen molar-refractivity contribution >= 4 is 17.1 Å². The van der Waals surface area contributed by atoms with Crippen LogP contribution in [0.15, 0.2) is 237 Å². The van der Waals surface area contributed by atoms with E-state index in [1.807, 2.05) is 0 Å². The summed E-state index contributed by atoms with van der Waals surface area (Å²) in [6.45, 7) is 0. The van der Waals surface area contributed by atoms with E-state index in [4.69, 9.17) is 0 Å². The van der Waals surface area contributed by atoms with Gasteiger partial charge in [0.05, 0.1) is 17.1 Å². The van der Waals surface area contributed by atoms with Gasteiger partial charge in [-0.15, -0.1) is 0 Å². The first-order valence-electron chi connectivity index (χ1n) is 18.9. The molecule has 0 fully saturated rings. The van der Waals surface area contributed by atoms with E-state index in [9.17, 15) is 0 Å². The molecule has 0 saturated heterocycles. The fourth-order valence-corrected chi connectivity index (χ4v) is 7.74. The summed E-state index contributed by atoms with van der Waals surface area (Å²) in [4.78, 5) is 2.49. The first-order valence-corrected chi connectivity index (χ1v) is 18.9. The van der Waals surface area contributed by atoms with Gasteiger partial charge in [0.1, 0.15) is 0 Å². The normalized spacial score (nSPS) is 10.9. The number of benzene rings is 9. The van der Waals surface area contributed by atoms with Crippen LogP contribution in [0.5, 0.6) is 0 Å². The van der Waals surface area contributed by atoms with Crippen LogP contribution in [0.4, 0.5) is 17.1 Å². The Morgan fingerprint density at radius 2 is 0.491 bits per heavy atom. The molecule has 0 aromatic heterocycles. The van der Waals surface area contributed by atoms with Crippen molar-refractivity contribution in [3.8, 4) is 66.8 Å². The van der Waals surface area contributed by atoms with Crippen LogP contribution in [0, 0.1) is 0 Å². The van der Waals surface area contributed by atoms with E-state index in [-0.39, 0.29) is 0 Å². The van der Waals surface area contributed by atoms with Gasteiger partial charge < -0.3 is 4.90 Å². The molecule has 0 aliphatic rings. The van der Waals surface area contributed by atoms with Gasteiger partial charge in [-0.25, -0.2) is 0 Å². The minimum absolute atomic E-state index is 1.10. The topological polar surface area (TPSA) is 3.24 Å². The number of rotatable bonds is 9. The van der Waals surface area contributed by atoms with Crippen molar-refractivity contribution in [2.75, 3.05) is 4.90 Å². The van der Waals surface area contributed by atoms with Gasteiger partial charge in [-0.05, 0) is 68.3 Å². The third-order valence-corrected chi connectivity index (χ3v) is 10.3. The molecule has 0 N–H and O–H groups in total. The van der Waals surface area contributed by atoms with Crippen LogP contribution in [0.3, 0.4) is 0 Å². The molecule has 9 aromatic carbocycles. The van der Waals surface area contributed by atoms with Crippen molar-refractivity contribution in [1.29, 1.82) is 0 Å². The summed E-state index contributed by atoms with van der Waals surface area (Å²) in [5, 5.41) is 0. The average Bonchev–Trinajstić information content (AvgIpc) is 3.28. The van der Waals surface area contributed by atoms with Crippen molar-refractivity contribution in [2.24, 2.45) is 0 Å². The van der Waals surface area contributed by atoms with Crippen molar-refractivity contribution < 1.29 is 0 Å². The van der Waals surface area contributed by atoms with Gasteiger partial charge in [0.15, 0.2) is 0 Å². The fraction of sp³-hybridized carbons (Fsp3) is 0. The minimum Gasteiger partial charge on any atom is -0.309 e. The van der Waals surface area contributed by atoms with Gasteiger partial charge in [0.2, 0.25) is 0 Å². The van der Waals surface area contributed by atoms with Crippen molar-refractivity contribution in [3.63, 3.8) is 0 Å². The Labute approximate surface area is 324 Å². The zero-order chi connectivity index (χ0) is 36.8. The molecule has 0 unspecified atom stereocenters. The molecule has 0 heterocycles. The van der Waals surface area contributed by atoms with E-state index in [1.165, 1.54) is 50.1 Å². The highest BCUT2D eigenvalue weighted by Crippen LogP contribution is 2.51. The highest BCUT2D eigenvalue weighted by atomic mass is 15.1. The second kappa shape index (κ2) is 15.4. The van der Waals surface area contributed by atoms with Gasteiger partial charge in [-0.1, -0.05) is 218 Å². The van der Waals surface area contributed by atoms with E-state index < -0.39 is 0 Å². The standard InChI is InChI=1S/C54H39N/c1-5-20-40(21-6-1)41-36-38-45(39-37-41)48-30-16-18-34-52(48)55(51-33-17-15-29-47(51)43-24-9-3-10-25-43)53-35-19-32-49(44-26-11-4-12-27-44)54(53)50-31-14-13-28-46(50)42-22-7-2-8-23-42/h1-39H. The predicted molar refractivity (Wildman–Crippen MR) is 234 cm³/mol. The van der Waals surface area contributed by atoms with Crippen molar-refractivity contribution in [2.45, 2.75) is 0 Å². The molecule has 0 amide bonds. The maximum absolute atomic E-state index is 2.49. The summed E-state index contributed by atoms with van der Waals surface area (Å²) in [6, 6.07) is 85.1. The molecule has 0 saturated carbocycles. The average molecular weight is 702 g/mol.